The molecule has 0 aromatic heterocycles. The first kappa shape index (κ1) is 19.3. The van der Waals surface area contributed by atoms with Gasteiger partial charge in [0.05, 0.1) is 24.6 Å². The predicted molar refractivity (Wildman–Crippen MR) is 101 cm³/mol. The molecule has 2 aromatic rings. The molecule has 2 rings (SSSR count). The second-order valence-corrected chi connectivity index (χ2v) is 6.34. The molecule has 0 aliphatic carbocycles. The Morgan fingerprint density at radius 3 is 2.52 bits per heavy atom. The van der Waals surface area contributed by atoms with Crippen LogP contribution in [0.15, 0.2) is 40.9 Å². The van der Waals surface area contributed by atoms with Gasteiger partial charge in [-0.05, 0) is 58.6 Å². The van der Waals surface area contributed by atoms with Gasteiger partial charge in [-0.1, -0.05) is 25.1 Å². The molecule has 0 saturated carbocycles. The zero-order valence-electron chi connectivity index (χ0n) is 14.8. The predicted octanol–water partition coefficient (Wildman–Crippen LogP) is 4.70. The Kier molecular flexibility index (Phi) is 7.31. The van der Waals surface area contributed by atoms with Gasteiger partial charge in [0.2, 0.25) is 0 Å². The first-order valence-electron chi connectivity index (χ1n) is 8.30. The number of hydrogen-bond acceptors (Lipinski definition) is 4. The van der Waals surface area contributed by atoms with Crippen molar-refractivity contribution >= 4 is 21.9 Å². The summed E-state index contributed by atoms with van der Waals surface area (Å²) in [6.45, 7) is 4.90. The third-order valence-corrected chi connectivity index (χ3v) is 4.49. The molecule has 0 radical (unpaired) electrons. The Morgan fingerprint density at radius 1 is 1.08 bits per heavy atom. The molecule has 5 heteroatoms. The van der Waals surface area contributed by atoms with Crippen LogP contribution in [-0.2, 0) is 29.0 Å². The number of ether oxygens (including phenoxy) is 3. The summed E-state index contributed by atoms with van der Waals surface area (Å²) in [5.74, 6) is 1.20. The van der Waals surface area contributed by atoms with Crippen LogP contribution >= 0.6 is 15.9 Å². The van der Waals surface area contributed by atoms with Crippen LogP contribution in [0.2, 0.25) is 0 Å². The van der Waals surface area contributed by atoms with Gasteiger partial charge in [0.25, 0.3) is 0 Å². The lowest BCUT2D eigenvalue weighted by Gasteiger charge is -2.16. The van der Waals surface area contributed by atoms with E-state index >= 15 is 0 Å². The van der Waals surface area contributed by atoms with Gasteiger partial charge in [-0.25, -0.2) is 0 Å². The van der Waals surface area contributed by atoms with Gasteiger partial charge in [-0.3, -0.25) is 4.79 Å². The maximum absolute atomic E-state index is 11.7. The van der Waals surface area contributed by atoms with Crippen LogP contribution in [0.5, 0.6) is 11.5 Å². The Hall–Kier alpha value is -2.01. The minimum absolute atomic E-state index is 0.187. The van der Waals surface area contributed by atoms with Crippen molar-refractivity contribution < 1.29 is 19.0 Å². The molecule has 134 valence electrons. The van der Waals surface area contributed by atoms with Crippen molar-refractivity contribution in [3.63, 3.8) is 0 Å². The third-order valence-electron chi connectivity index (χ3n) is 3.87. The van der Waals surface area contributed by atoms with Crippen molar-refractivity contribution in [3.8, 4) is 11.5 Å². The van der Waals surface area contributed by atoms with Crippen molar-refractivity contribution in [1.82, 2.24) is 0 Å². The van der Waals surface area contributed by atoms with Gasteiger partial charge in [-0.15, -0.1) is 0 Å². The van der Waals surface area contributed by atoms with Crippen LogP contribution in [0, 0.1) is 0 Å². The van der Waals surface area contributed by atoms with E-state index in [1.54, 1.807) is 0 Å². The van der Waals surface area contributed by atoms with E-state index in [4.69, 9.17) is 14.2 Å². The first-order valence-corrected chi connectivity index (χ1v) is 9.09. The molecule has 0 fully saturated rings. The number of halogens is 1. The molecule has 0 aliphatic heterocycles. The summed E-state index contributed by atoms with van der Waals surface area (Å²) in [7, 11) is 1.39. The molecule has 0 amide bonds. The fourth-order valence-electron chi connectivity index (χ4n) is 2.49. The highest BCUT2D eigenvalue weighted by molar-refractivity contribution is 9.10. The maximum Gasteiger partial charge on any atom is 0.309 e. The van der Waals surface area contributed by atoms with E-state index in [0.29, 0.717) is 13.2 Å². The van der Waals surface area contributed by atoms with Gasteiger partial charge >= 0.3 is 5.97 Å². The van der Waals surface area contributed by atoms with Crippen molar-refractivity contribution in [1.29, 1.82) is 0 Å². The number of rotatable bonds is 8. The quantitative estimate of drug-likeness (QED) is 0.595. The minimum atomic E-state index is -0.289. The number of carbonyl (C=O) groups is 1. The van der Waals surface area contributed by atoms with Gasteiger partial charge in [0.15, 0.2) is 0 Å². The van der Waals surface area contributed by atoms with Crippen LogP contribution in [-0.4, -0.2) is 19.7 Å². The van der Waals surface area contributed by atoms with E-state index in [9.17, 15) is 4.79 Å². The van der Waals surface area contributed by atoms with Crippen LogP contribution in [0.3, 0.4) is 0 Å². The summed E-state index contributed by atoms with van der Waals surface area (Å²) in [5.41, 5.74) is 2.95. The molecule has 0 unspecified atom stereocenters. The molecular weight excluding hydrogens is 384 g/mol. The van der Waals surface area contributed by atoms with E-state index < -0.39 is 0 Å². The molecule has 4 nitrogen and oxygen atoms in total. The van der Waals surface area contributed by atoms with Crippen molar-refractivity contribution in [2.24, 2.45) is 0 Å². The lowest BCUT2D eigenvalue weighted by atomic mass is 10.0. The molecule has 0 atom stereocenters. The molecule has 0 bridgehead atoms. The monoisotopic (exact) mass is 406 g/mol. The van der Waals surface area contributed by atoms with Crippen LogP contribution in [0.1, 0.15) is 30.5 Å². The van der Waals surface area contributed by atoms with Crippen molar-refractivity contribution in [2.75, 3.05) is 13.7 Å². The van der Waals surface area contributed by atoms with Gasteiger partial charge in [0, 0.05) is 5.56 Å². The molecule has 0 spiro atoms. The Morgan fingerprint density at radius 2 is 1.88 bits per heavy atom. The maximum atomic E-state index is 11.7. The molecule has 0 heterocycles. The molecular formula is C20H23BrO4. The number of carbonyl (C=O) groups excluding carboxylic acids is 1. The summed E-state index contributed by atoms with van der Waals surface area (Å²) in [6, 6.07) is 11.7. The van der Waals surface area contributed by atoms with Crippen LogP contribution < -0.4 is 9.47 Å². The SMILES string of the molecule is CCOc1cccc(CC(=O)OC)c1COc1ccc(CC)cc1Br. The normalized spacial score (nSPS) is 10.4. The second kappa shape index (κ2) is 9.47. The highest BCUT2D eigenvalue weighted by Crippen LogP contribution is 2.30. The summed E-state index contributed by atoms with van der Waals surface area (Å²) in [5, 5.41) is 0. The molecule has 0 saturated heterocycles. The van der Waals surface area contributed by atoms with E-state index in [0.717, 1.165) is 33.5 Å². The van der Waals surface area contributed by atoms with Crippen LogP contribution in [0.25, 0.3) is 0 Å². The summed E-state index contributed by atoms with van der Waals surface area (Å²) in [4.78, 5) is 11.7. The van der Waals surface area contributed by atoms with E-state index in [2.05, 4.69) is 28.9 Å². The first-order chi connectivity index (χ1) is 12.1. The van der Waals surface area contributed by atoms with Gasteiger partial charge in [0.1, 0.15) is 18.1 Å². The number of benzene rings is 2. The average molecular weight is 407 g/mol. The molecule has 2 aromatic carbocycles. The third kappa shape index (κ3) is 5.23. The minimum Gasteiger partial charge on any atom is -0.493 e. The molecule has 0 N–H and O–H groups in total. The van der Waals surface area contributed by atoms with E-state index in [-0.39, 0.29) is 12.4 Å². The largest absolute Gasteiger partial charge is 0.493 e. The number of aryl methyl sites for hydroxylation is 1. The lowest BCUT2D eigenvalue weighted by molar-refractivity contribution is -0.139. The van der Waals surface area contributed by atoms with Crippen molar-refractivity contribution in [3.05, 3.63) is 57.6 Å². The molecule has 25 heavy (non-hydrogen) atoms. The Labute approximate surface area is 157 Å². The lowest BCUT2D eigenvalue weighted by Crippen LogP contribution is -2.10. The Balaban J connectivity index is 2.25. The van der Waals surface area contributed by atoms with Gasteiger partial charge in [-0.2, -0.15) is 0 Å². The second-order valence-electron chi connectivity index (χ2n) is 5.49. The smallest absolute Gasteiger partial charge is 0.309 e. The van der Waals surface area contributed by atoms with Crippen molar-refractivity contribution in [2.45, 2.75) is 33.3 Å². The van der Waals surface area contributed by atoms with Gasteiger partial charge < -0.3 is 14.2 Å². The van der Waals surface area contributed by atoms with E-state index in [1.165, 1.54) is 12.7 Å². The van der Waals surface area contributed by atoms with E-state index in [1.807, 2.05) is 37.3 Å². The highest BCUT2D eigenvalue weighted by atomic mass is 79.9. The fourth-order valence-corrected chi connectivity index (χ4v) is 3.03. The Bertz CT molecular complexity index is 728. The molecule has 0 aliphatic rings. The topological polar surface area (TPSA) is 44.8 Å². The van der Waals surface area contributed by atoms with Crippen LogP contribution in [0.4, 0.5) is 0 Å². The number of hydrogen-bond donors (Lipinski definition) is 0. The average Bonchev–Trinajstić information content (AvgIpc) is 2.62. The summed E-state index contributed by atoms with van der Waals surface area (Å²) >= 11 is 3.55. The zero-order valence-corrected chi connectivity index (χ0v) is 16.4. The fraction of sp³-hybridized carbons (Fsp3) is 0.350. The standard InChI is InChI=1S/C20H23BrO4/c1-4-14-9-10-19(17(21)11-14)25-13-16-15(12-20(22)23-3)7-6-8-18(16)24-5-2/h6-11H,4-5,12-13H2,1-3H3. The summed E-state index contributed by atoms with van der Waals surface area (Å²) < 4.78 is 17.4. The highest BCUT2D eigenvalue weighted by Gasteiger charge is 2.14. The summed E-state index contributed by atoms with van der Waals surface area (Å²) in [6.07, 6.45) is 1.15. The number of methoxy groups -OCH3 is 1. The zero-order chi connectivity index (χ0) is 18.2. The number of esters is 1.